The third-order valence-electron chi connectivity index (χ3n) is 6.96. The molecule has 0 saturated carbocycles. The van der Waals surface area contributed by atoms with E-state index < -0.39 is 48.9 Å². The van der Waals surface area contributed by atoms with E-state index in [0.717, 1.165) is 23.8 Å². The SMILES string of the molecule is COC(=O)N1C(=O)[C@@H]2[C@@H](CC(CO)=C3[C@@H](CC/C(C)=C/c4ccc(O)cc4)OB(O)C[C@@H]32)C1=O. The van der Waals surface area contributed by atoms with Gasteiger partial charge in [0.15, 0.2) is 0 Å². The van der Waals surface area contributed by atoms with Crippen LogP contribution in [0.5, 0.6) is 5.75 Å². The molecular formula is C24H28BNO8. The number of hydrogen-bond donors (Lipinski definition) is 3. The van der Waals surface area contributed by atoms with Crippen LogP contribution in [0.3, 0.4) is 0 Å². The Labute approximate surface area is 197 Å². The highest BCUT2D eigenvalue weighted by atomic mass is 16.5. The first-order valence-electron chi connectivity index (χ1n) is 11.3. The maximum atomic E-state index is 13.1. The minimum atomic E-state index is -1.13. The van der Waals surface area contributed by atoms with Crippen molar-refractivity contribution in [3.8, 4) is 5.75 Å². The number of aromatic hydroxyl groups is 1. The normalized spacial score (nSPS) is 27.1. The van der Waals surface area contributed by atoms with Crippen molar-refractivity contribution in [1.82, 2.24) is 4.90 Å². The van der Waals surface area contributed by atoms with E-state index in [1.54, 1.807) is 24.3 Å². The second kappa shape index (κ2) is 9.73. The number of nitrogens with zero attached hydrogens (tertiary/aromatic N) is 1. The van der Waals surface area contributed by atoms with Gasteiger partial charge in [0.2, 0.25) is 11.8 Å². The molecule has 4 rings (SSSR count). The number of likely N-dealkylation sites (tertiary alicyclic amines) is 1. The Bertz CT molecular complexity index is 1050. The van der Waals surface area contributed by atoms with Crippen LogP contribution in [0, 0.1) is 17.8 Å². The molecule has 34 heavy (non-hydrogen) atoms. The number of imide groups is 3. The van der Waals surface area contributed by atoms with E-state index in [-0.39, 0.29) is 25.1 Å². The maximum absolute atomic E-state index is 13.1. The number of hydrogen-bond acceptors (Lipinski definition) is 8. The number of ether oxygens (including phenoxy) is 1. The zero-order chi connectivity index (χ0) is 24.6. The molecule has 0 bridgehead atoms. The minimum Gasteiger partial charge on any atom is -0.508 e. The summed E-state index contributed by atoms with van der Waals surface area (Å²) in [5.41, 5.74) is 3.36. The van der Waals surface area contributed by atoms with Gasteiger partial charge < -0.3 is 24.6 Å². The second-order valence-corrected chi connectivity index (χ2v) is 9.08. The molecule has 3 aliphatic rings. The van der Waals surface area contributed by atoms with E-state index in [2.05, 4.69) is 4.74 Å². The number of carbonyl (C=O) groups excluding carboxylic acids is 3. The molecule has 10 heteroatoms. The largest absolute Gasteiger partial charge is 0.508 e. The molecule has 2 saturated heterocycles. The molecule has 2 aliphatic heterocycles. The van der Waals surface area contributed by atoms with Crippen molar-refractivity contribution in [3.63, 3.8) is 0 Å². The van der Waals surface area contributed by atoms with Crippen LogP contribution in [0.15, 0.2) is 41.0 Å². The molecule has 0 aromatic heterocycles. The third kappa shape index (κ3) is 4.40. The van der Waals surface area contributed by atoms with Crippen LogP contribution in [0.1, 0.15) is 31.7 Å². The standard InChI is InChI=1S/C24H28BNO8/c1-13(9-14-4-6-16(28)7-5-14)3-8-19-20-15(12-27)10-17-21(18(20)11-25(32)34-19)23(30)26(22(17)29)24(31)33-2/h4-7,9,17-19,21,27-28,32H,3,8,10-12H2,1-2H3/b13-9+/t17-,18+,19-,21-/m1/s1. The lowest BCUT2D eigenvalue weighted by Gasteiger charge is -2.42. The smallest absolute Gasteiger partial charge is 0.455 e. The molecule has 0 spiro atoms. The number of phenols is 1. The molecule has 0 radical (unpaired) electrons. The van der Waals surface area contributed by atoms with E-state index >= 15 is 0 Å². The Kier molecular flexibility index (Phi) is 6.92. The van der Waals surface area contributed by atoms with Crippen LogP contribution >= 0.6 is 0 Å². The van der Waals surface area contributed by atoms with Gasteiger partial charge in [-0.15, -0.1) is 0 Å². The summed E-state index contributed by atoms with van der Waals surface area (Å²) in [5, 5.41) is 30.0. The summed E-state index contributed by atoms with van der Waals surface area (Å²) in [6.07, 6.45) is 1.83. The molecule has 0 unspecified atom stereocenters. The van der Waals surface area contributed by atoms with Gasteiger partial charge in [-0.05, 0) is 67.3 Å². The number of aliphatic hydroxyl groups is 1. The van der Waals surface area contributed by atoms with Crippen molar-refractivity contribution in [3.05, 3.63) is 46.5 Å². The highest BCUT2D eigenvalue weighted by Gasteiger charge is 2.59. The van der Waals surface area contributed by atoms with Gasteiger partial charge in [-0.2, -0.15) is 4.90 Å². The van der Waals surface area contributed by atoms with E-state index in [9.17, 15) is 29.6 Å². The van der Waals surface area contributed by atoms with Gasteiger partial charge in [0, 0.05) is 0 Å². The number of amides is 3. The average molecular weight is 469 g/mol. The van der Waals surface area contributed by atoms with E-state index in [0.29, 0.717) is 23.3 Å². The first-order valence-corrected chi connectivity index (χ1v) is 11.3. The fraction of sp³-hybridized carbons (Fsp3) is 0.458. The van der Waals surface area contributed by atoms with E-state index in [4.69, 9.17) is 4.65 Å². The molecular weight excluding hydrogens is 441 g/mol. The Morgan fingerprint density at radius 3 is 2.59 bits per heavy atom. The van der Waals surface area contributed by atoms with Crippen LogP contribution in [-0.4, -0.2) is 65.0 Å². The van der Waals surface area contributed by atoms with Gasteiger partial charge in [-0.25, -0.2) is 4.79 Å². The topological polar surface area (TPSA) is 134 Å². The van der Waals surface area contributed by atoms with Crippen molar-refractivity contribution < 1.29 is 39.0 Å². The van der Waals surface area contributed by atoms with Crippen LogP contribution in [0.25, 0.3) is 6.08 Å². The van der Waals surface area contributed by atoms with Crippen molar-refractivity contribution in [2.45, 2.75) is 38.6 Å². The Morgan fingerprint density at radius 1 is 1.24 bits per heavy atom. The van der Waals surface area contributed by atoms with Crippen LogP contribution in [0.2, 0.25) is 6.32 Å². The zero-order valence-corrected chi connectivity index (χ0v) is 19.1. The number of fused-ring (bicyclic) bond motifs is 3. The quantitative estimate of drug-likeness (QED) is 0.339. The second-order valence-electron chi connectivity index (χ2n) is 9.08. The number of rotatable bonds is 5. The van der Waals surface area contributed by atoms with Crippen molar-refractivity contribution in [2.75, 3.05) is 13.7 Å². The maximum Gasteiger partial charge on any atom is 0.455 e. The van der Waals surface area contributed by atoms with Gasteiger partial charge in [0.25, 0.3) is 0 Å². The summed E-state index contributed by atoms with van der Waals surface area (Å²) in [7, 11) is -0.0236. The Morgan fingerprint density at radius 2 is 1.94 bits per heavy atom. The number of aliphatic hydroxyl groups excluding tert-OH is 1. The zero-order valence-electron chi connectivity index (χ0n) is 19.1. The van der Waals surface area contributed by atoms with Gasteiger partial charge in [-0.3, -0.25) is 9.59 Å². The van der Waals surface area contributed by atoms with Gasteiger partial charge in [0.05, 0.1) is 31.7 Å². The molecule has 1 aromatic rings. The Balaban J connectivity index is 1.58. The van der Waals surface area contributed by atoms with Crippen LogP contribution in [0.4, 0.5) is 4.79 Å². The van der Waals surface area contributed by atoms with Crippen LogP contribution < -0.4 is 0 Å². The summed E-state index contributed by atoms with van der Waals surface area (Å²) in [6.45, 7) is 1.67. The lowest BCUT2D eigenvalue weighted by Crippen LogP contribution is -2.46. The number of allylic oxidation sites excluding steroid dienone is 1. The third-order valence-corrected chi connectivity index (χ3v) is 6.96. The average Bonchev–Trinajstić information content (AvgIpc) is 3.07. The fourth-order valence-corrected chi connectivity index (χ4v) is 5.47. The lowest BCUT2D eigenvalue weighted by atomic mass is 9.58. The van der Waals surface area contributed by atoms with Crippen molar-refractivity contribution in [2.24, 2.45) is 17.8 Å². The molecule has 180 valence electrons. The number of phenolic OH excluding ortho intramolecular Hbond substituents is 1. The Hall–Kier alpha value is -2.95. The summed E-state index contributed by atoms with van der Waals surface area (Å²) in [5.74, 6) is -3.15. The lowest BCUT2D eigenvalue weighted by molar-refractivity contribution is -0.137. The van der Waals surface area contributed by atoms with Gasteiger partial charge in [0.1, 0.15) is 5.75 Å². The summed E-state index contributed by atoms with van der Waals surface area (Å²) < 4.78 is 10.5. The number of carbonyl (C=O) groups is 3. The predicted molar refractivity (Wildman–Crippen MR) is 122 cm³/mol. The first kappa shape index (κ1) is 24.2. The molecule has 2 heterocycles. The molecule has 3 amide bonds. The van der Waals surface area contributed by atoms with Crippen LogP contribution in [-0.2, 0) is 19.0 Å². The van der Waals surface area contributed by atoms with Crippen molar-refractivity contribution in [1.29, 1.82) is 0 Å². The highest BCUT2D eigenvalue weighted by molar-refractivity contribution is 6.43. The summed E-state index contributed by atoms with van der Waals surface area (Å²) in [6, 6.07) is 6.83. The summed E-state index contributed by atoms with van der Waals surface area (Å²) in [4.78, 5) is 38.5. The summed E-state index contributed by atoms with van der Waals surface area (Å²) >= 11 is 0. The molecule has 1 aromatic carbocycles. The van der Waals surface area contributed by atoms with Crippen molar-refractivity contribution >= 4 is 31.1 Å². The molecule has 2 fully saturated rings. The molecule has 4 atom stereocenters. The molecule has 1 aliphatic carbocycles. The van der Waals surface area contributed by atoms with Gasteiger partial charge in [-0.1, -0.05) is 23.8 Å². The van der Waals surface area contributed by atoms with Gasteiger partial charge >= 0.3 is 13.2 Å². The fourth-order valence-electron chi connectivity index (χ4n) is 5.47. The van der Waals surface area contributed by atoms with E-state index in [1.807, 2.05) is 13.0 Å². The molecule has 3 N–H and O–H groups in total. The monoisotopic (exact) mass is 469 g/mol. The minimum absolute atomic E-state index is 0.104. The number of methoxy groups -OCH3 is 1. The first-order chi connectivity index (χ1) is 16.2. The highest BCUT2D eigenvalue weighted by Crippen LogP contribution is 2.50. The number of benzene rings is 1. The predicted octanol–water partition coefficient (Wildman–Crippen LogP) is 2.13. The van der Waals surface area contributed by atoms with E-state index in [1.165, 1.54) is 0 Å². The molecule has 9 nitrogen and oxygen atoms in total.